The molecule has 0 saturated carbocycles. The molecule has 10 heteroatoms. The molecule has 2 aromatic carbocycles. The summed E-state index contributed by atoms with van der Waals surface area (Å²) >= 11 is 0. The quantitative estimate of drug-likeness (QED) is 0.611. The highest BCUT2D eigenvalue weighted by Crippen LogP contribution is 2.19. The molecule has 0 spiro atoms. The maximum Gasteiger partial charge on any atom is 0.251 e. The Morgan fingerprint density at radius 3 is 2.41 bits per heavy atom. The van der Waals surface area contributed by atoms with E-state index in [0.717, 1.165) is 5.56 Å². The van der Waals surface area contributed by atoms with Gasteiger partial charge in [-0.25, -0.2) is 22.8 Å². The first-order valence-corrected chi connectivity index (χ1v) is 11.4. The Kier molecular flexibility index (Phi) is 6.54. The van der Waals surface area contributed by atoms with Crippen molar-refractivity contribution in [1.82, 2.24) is 19.6 Å². The zero-order valence-electron chi connectivity index (χ0n) is 17.1. The molecule has 1 saturated heterocycles. The second-order valence-corrected chi connectivity index (χ2v) is 9.06. The summed E-state index contributed by atoms with van der Waals surface area (Å²) in [6.07, 6.45) is 1.38. The van der Waals surface area contributed by atoms with Crippen LogP contribution in [0.25, 0.3) is 11.3 Å². The number of benzene rings is 2. The molecule has 1 aliphatic rings. The summed E-state index contributed by atoms with van der Waals surface area (Å²) in [5.74, 6) is -0.693. The zero-order valence-corrected chi connectivity index (χ0v) is 17.9. The minimum atomic E-state index is -3.61. The largest absolute Gasteiger partial charge is 0.379 e. The van der Waals surface area contributed by atoms with Crippen molar-refractivity contribution in [2.24, 2.45) is 0 Å². The van der Waals surface area contributed by atoms with Gasteiger partial charge in [0.15, 0.2) is 0 Å². The molecule has 4 rings (SSSR count). The van der Waals surface area contributed by atoms with Crippen LogP contribution in [0.15, 0.2) is 65.8 Å². The summed E-state index contributed by atoms with van der Waals surface area (Å²) in [4.78, 5) is 21.0. The van der Waals surface area contributed by atoms with Crippen LogP contribution in [0, 0.1) is 5.82 Å². The summed E-state index contributed by atoms with van der Waals surface area (Å²) in [5.41, 5.74) is 2.26. The van der Waals surface area contributed by atoms with Crippen LogP contribution in [0.3, 0.4) is 0 Å². The third-order valence-corrected chi connectivity index (χ3v) is 6.93. The number of amides is 1. The van der Waals surface area contributed by atoms with E-state index >= 15 is 0 Å². The van der Waals surface area contributed by atoms with E-state index in [1.165, 1.54) is 47.0 Å². The molecule has 1 aliphatic heterocycles. The monoisotopic (exact) mass is 456 g/mol. The highest BCUT2D eigenvalue weighted by atomic mass is 32.2. The zero-order chi connectivity index (χ0) is 22.6. The van der Waals surface area contributed by atoms with Crippen LogP contribution in [-0.4, -0.2) is 54.9 Å². The van der Waals surface area contributed by atoms with Crippen molar-refractivity contribution in [2.75, 3.05) is 26.3 Å². The van der Waals surface area contributed by atoms with E-state index in [1.807, 2.05) is 0 Å². The molecule has 1 aromatic heterocycles. The van der Waals surface area contributed by atoms with Gasteiger partial charge in [0, 0.05) is 24.2 Å². The third-order valence-electron chi connectivity index (χ3n) is 5.02. The molecule has 0 unspecified atom stereocenters. The summed E-state index contributed by atoms with van der Waals surface area (Å²) in [6.45, 7) is 1.51. The number of ether oxygens (including phenoxy) is 1. The van der Waals surface area contributed by atoms with E-state index in [4.69, 9.17) is 4.74 Å². The first kappa shape index (κ1) is 22.0. The van der Waals surface area contributed by atoms with Crippen LogP contribution < -0.4 is 5.32 Å². The number of nitrogens with zero attached hydrogens (tertiary/aromatic N) is 3. The van der Waals surface area contributed by atoms with Crippen LogP contribution in [-0.2, 0) is 21.3 Å². The van der Waals surface area contributed by atoms with Crippen molar-refractivity contribution in [3.8, 4) is 11.3 Å². The van der Waals surface area contributed by atoms with Gasteiger partial charge in [0.2, 0.25) is 10.0 Å². The van der Waals surface area contributed by atoms with Gasteiger partial charge in [-0.05, 0) is 54.6 Å². The fourth-order valence-electron chi connectivity index (χ4n) is 3.26. The number of sulfonamides is 1. The minimum absolute atomic E-state index is 0.135. The number of morpholine rings is 1. The lowest BCUT2D eigenvalue weighted by Crippen LogP contribution is -2.40. The summed E-state index contributed by atoms with van der Waals surface area (Å²) < 4.78 is 45.1. The van der Waals surface area contributed by atoms with Crippen molar-refractivity contribution in [3.05, 3.63) is 78.0 Å². The molecule has 1 N–H and O–H groups in total. The van der Waals surface area contributed by atoms with E-state index in [2.05, 4.69) is 15.3 Å². The summed E-state index contributed by atoms with van der Waals surface area (Å²) in [6, 6.07) is 13.5. The Morgan fingerprint density at radius 2 is 1.72 bits per heavy atom. The smallest absolute Gasteiger partial charge is 0.251 e. The molecule has 3 aromatic rings. The standard InChI is InChI=1S/C22H21FN4O4S/c23-18-5-1-16(2-6-18)21-13-19(25-15-26-21)14-24-22(28)17-3-7-20(8-4-17)32(29,30)27-9-11-31-12-10-27/h1-8,13,15H,9-12,14H2,(H,24,28). The van der Waals surface area contributed by atoms with Crippen LogP contribution in [0.4, 0.5) is 4.39 Å². The van der Waals surface area contributed by atoms with Crippen molar-refractivity contribution >= 4 is 15.9 Å². The lowest BCUT2D eigenvalue weighted by molar-refractivity contribution is 0.0730. The van der Waals surface area contributed by atoms with Gasteiger partial charge < -0.3 is 10.1 Å². The van der Waals surface area contributed by atoms with Gasteiger partial charge in [0.1, 0.15) is 12.1 Å². The fourth-order valence-corrected chi connectivity index (χ4v) is 4.67. The Labute approximate surface area is 185 Å². The van der Waals surface area contributed by atoms with Crippen LogP contribution in [0.1, 0.15) is 16.1 Å². The van der Waals surface area contributed by atoms with E-state index in [1.54, 1.807) is 18.2 Å². The molecule has 166 valence electrons. The molecular formula is C22H21FN4O4S. The van der Waals surface area contributed by atoms with Crippen LogP contribution in [0.2, 0.25) is 0 Å². The Bertz CT molecular complexity index is 1200. The minimum Gasteiger partial charge on any atom is -0.379 e. The summed E-state index contributed by atoms with van der Waals surface area (Å²) in [5, 5.41) is 2.76. The molecule has 0 atom stereocenters. The topological polar surface area (TPSA) is 101 Å². The van der Waals surface area contributed by atoms with Crippen LogP contribution in [0.5, 0.6) is 0 Å². The Morgan fingerprint density at radius 1 is 1.03 bits per heavy atom. The maximum absolute atomic E-state index is 13.1. The normalized spacial score (nSPS) is 14.8. The Hall–Kier alpha value is -3.21. The van der Waals surface area contributed by atoms with Crippen LogP contribution >= 0.6 is 0 Å². The summed E-state index contributed by atoms with van der Waals surface area (Å²) in [7, 11) is -3.61. The molecule has 32 heavy (non-hydrogen) atoms. The molecule has 0 aliphatic carbocycles. The molecule has 1 fully saturated rings. The molecule has 0 radical (unpaired) electrons. The Balaban J connectivity index is 1.40. The first-order valence-electron chi connectivity index (χ1n) is 9.96. The second kappa shape index (κ2) is 9.51. The van der Waals surface area contributed by atoms with E-state index in [0.29, 0.717) is 43.3 Å². The van der Waals surface area contributed by atoms with E-state index in [9.17, 15) is 17.6 Å². The molecule has 0 bridgehead atoms. The highest BCUT2D eigenvalue weighted by molar-refractivity contribution is 7.89. The van der Waals surface area contributed by atoms with Gasteiger partial charge in [-0.1, -0.05) is 0 Å². The molecule has 8 nitrogen and oxygen atoms in total. The number of carbonyl (C=O) groups excluding carboxylic acids is 1. The maximum atomic E-state index is 13.1. The second-order valence-electron chi connectivity index (χ2n) is 7.12. The molecule has 1 amide bonds. The number of aromatic nitrogens is 2. The number of carbonyl (C=O) groups is 1. The highest BCUT2D eigenvalue weighted by Gasteiger charge is 2.26. The van der Waals surface area contributed by atoms with Gasteiger partial charge in [-0.2, -0.15) is 4.31 Å². The number of halogens is 1. The van der Waals surface area contributed by atoms with E-state index < -0.39 is 10.0 Å². The average molecular weight is 456 g/mol. The number of hydrogen-bond acceptors (Lipinski definition) is 6. The SMILES string of the molecule is O=C(NCc1cc(-c2ccc(F)cc2)ncn1)c1ccc(S(=O)(=O)N2CCOCC2)cc1. The lowest BCUT2D eigenvalue weighted by atomic mass is 10.1. The third kappa shape index (κ3) is 4.98. The fraction of sp³-hybridized carbons (Fsp3) is 0.227. The van der Waals surface area contributed by atoms with Gasteiger partial charge >= 0.3 is 0 Å². The van der Waals surface area contributed by atoms with Crippen molar-refractivity contribution < 1.29 is 22.3 Å². The van der Waals surface area contributed by atoms with E-state index in [-0.39, 0.29) is 23.2 Å². The first-order chi connectivity index (χ1) is 15.4. The predicted molar refractivity (Wildman–Crippen MR) is 115 cm³/mol. The van der Waals surface area contributed by atoms with Gasteiger partial charge in [-0.3, -0.25) is 4.79 Å². The van der Waals surface area contributed by atoms with Crippen molar-refractivity contribution in [2.45, 2.75) is 11.4 Å². The molecule has 2 heterocycles. The molecular weight excluding hydrogens is 435 g/mol. The van der Waals surface area contributed by atoms with Crippen molar-refractivity contribution in [1.29, 1.82) is 0 Å². The predicted octanol–water partition coefficient (Wildman–Crippen LogP) is 2.23. The average Bonchev–Trinajstić information content (AvgIpc) is 2.84. The lowest BCUT2D eigenvalue weighted by Gasteiger charge is -2.26. The van der Waals surface area contributed by atoms with Crippen molar-refractivity contribution in [3.63, 3.8) is 0 Å². The number of nitrogens with one attached hydrogen (secondary N) is 1. The van der Waals surface area contributed by atoms with Gasteiger partial charge in [0.25, 0.3) is 5.91 Å². The number of rotatable bonds is 6. The van der Waals surface area contributed by atoms with Gasteiger partial charge in [-0.15, -0.1) is 0 Å². The van der Waals surface area contributed by atoms with Gasteiger partial charge in [0.05, 0.1) is 36.0 Å². The number of hydrogen-bond donors (Lipinski definition) is 1.